The summed E-state index contributed by atoms with van der Waals surface area (Å²) in [5.41, 5.74) is 0. The number of allylic oxidation sites excluding steroid dienone is 1. The molecular formula is C14H22O5. The molecule has 0 aromatic heterocycles. The molecule has 0 aliphatic heterocycles. The zero-order valence-electron chi connectivity index (χ0n) is 11.8. The van der Waals surface area contributed by atoms with Crippen LogP contribution in [0.15, 0.2) is 24.2 Å². The van der Waals surface area contributed by atoms with Gasteiger partial charge in [0.05, 0.1) is 31.6 Å². The second kappa shape index (κ2) is 11.3. The van der Waals surface area contributed by atoms with Crippen molar-refractivity contribution < 1.29 is 23.8 Å². The van der Waals surface area contributed by atoms with E-state index in [1.165, 1.54) is 18.4 Å². The van der Waals surface area contributed by atoms with Gasteiger partial charge in [0, 0.05) is 6.42 Å². The lowest BCUT2D eigenvalue weighted by Crippen LogP contribution is -2.03. The SMILES string of the molecule is CCCC/C(=C/C(=O)OCC)O/C=C/C(=O)OCC. The molecule has 5 heteroatoms. The van der Waals surface area contributed by atoms with Crippen LogP contribution in [-0.2, 0) is 23.8 Å². The molecule has 0 aliphatic carbocycles. The van der Waals surface area contributed by atoms with Gasteiger partial charge in [0.1, 0.15) is 5.76 Å². The number of esters is 2. The number of ether oxygens (including phenoxy) is 3. The fourth-order valence-electron chi connectivity index (χ4n) is 1.20. The molecule has 0 saturated heterocycles. The van der Waals surface area contributed by atoms with Crippen LogP contribution < -0.4 is 0 Å². The number of carbonyl (C=O) groups is 2. The van der Waals surface area contributed by atoms with Gasteiger partial charge in [-0.1, -0.05) is 13.3 Å². The van der Waals surface area contributed by atoms with Crippen molar-refractivity contribution in [3.05, 3.63) is 24.2 Å². The van der Waals surface area contributed by atoms with Crippen molar-refractivity contribution in [2.75, 3.05) is 13.2 Å². The largest absolute Gasteiger partial charge is 0.469 e. The molecule has 0 radical (unpaired) electrons. The summed E-state index contributed by atoms with van der Waals surface area (Å²) in [6, 6.07) is 0. The Bertz CT molecular complexity index is 331. The Morgan fingerprint density at radius 3 is 2.21 bits per heavy atom. The standard InChI is InChI=1S/C14H22O5/c1-4-7-8-12(11-14(16)18-6-3)19-10-9-13(15)17-5-2/h9-11H,4-8H2,1-3H3/b10-9+,12-11-. The Kier molecular flexibility index (Phi) is 10.3. The summed E-state index contributed by atoms with van der Waals surface area (Å²) in [5, 5.41) is 0. The molecular weight excluding hydrogens is 248 g/mol. The predicted molar refractivity (Wildman–Crippen MR) is 71.1 cm³/mol. The summed E-state index contributed by atoms with van der Waals surface area (Å²) in [6.07, 6.45) is 6.17. The van der Waals surface area contributed by atoms with E-state index in [-0.39, 0.29) is 0 Å². The van der Waals surface area contributed by atoms with E-state index in [0.29, 0.717) is 25.4 Å². The van der Waals surface area contributed by atoms with E-state index >= 15 is 0 Å². The van der Waals surface area contributed by atoms with Gasteiger partial charge in [-0.3, -0.25) is 0 Å². The van der Waals surface area contributed by atoms with Crippen LogP contribution in [0.5, 0.6) is 0 Å². The first-order valence-corrected chi connectivity index (χ1v) is 6.51. The van der Waals surface area contributed by atoms with Crippen LogP contribution in [0.4, 0.5) is 0 Å². The quantitative estimate of drug-likeness (QED) is 0.366. The molecule has 0 bridgehead atoms. The van der Waals surface area contributed by atoms with Gasteiger partial charge in [0.2, 0.25) is 0 Å². The smallest absolute Gasteiger partial charge is 0.334 e. The Morgan fingerprint density at radius 2 is 1.63 bits per heavy atom. The fourth-order valence-corrected chi connectivity index (χ4v) is 1.20. The summed E-state index contributed by atoms with van der Waals surface area (Å²) >= 11 is 0. The third-order valence-corrected chi connectivity index (χ3v) is 2.05. The highest BCUT2D eigenvalue weighted by Gasteiger charge is 2.03. The molecule has 19 heavy (non-hydrogen) atoms. The number of rotatable bonds is 9. The first-order chi connectivity index (χ1) is 9.13. The second-order valence-electron chi connectivity index (χ2n) is 3.64. The van der Waals surface area contributed by atoms with E-state index in [1.807, 2.05) is 6.92 Å². The molecule has 0 fully saturated rings. The number of hydrogen-bond donors (Lipinski definition) is 0. The van der Waals surface area contributed by atoms with Gasteiger partial charge in [-0.15, -0.1) is 0 Å². The fraction of sp³-hybridized carbons (Fsp3) is 0.571. The molecule has 0 aliphatic rings. The molecule has 0 aromatic rings. The summed E-state index contributed by atoms with van der Waals surface area (Å²) in [4.78, 5) is 22.4. The molecule has 5 nitrogen and oxygen atoms in total. The van der Waals surface area contributed by atoms with E-state index in [2.05, 4.69) is 0 Å². The zero-order valence-corrected chi connectivity index (χ0v) is 11.8. The Balaban J connectivity index is 4.42. The third kappa shape index (κ3) is 9.88. The molecule has 0 rings (SSSR count). The second-order valence-corrected chi connectivity index (χ2v) is 3.64. The molecule has 0 heterocycles. The first-order valence-electron chi connectivity index (χ1n) is 6.51. The molecule has 0 amide bonds. The van der Waals surface area contributed by atoms with Crippen molar-refractivity contribution in [2.24, 2.45) is 0 Å². The summed E-state index contributed by atoms with van der Waals surface area (Å²) < 4.78 is 14.8. The van der Waals surface area contributed by atoms with Crippen molar-refractivity contribution in [1.29, 1.82) is 0 Å². The van der Waals surface area contributed by atoms with Crippen LogP contribution >= 0.6 is 0 Å². The third-order valence-electron chi connectivity index (χ3n) is 2.05. The average Bonchev–Trinajstić information content (AvgIpc) is 2.36. The minimum absolute atomic E-state index is 0.310. The predicted octanol–water partition coefficient (Wildman–Crippen LogP) is 2.72. The number of unbranched alkanes of at least 4 members (excludes halogenated alkanes) is 1. The lowest BCUT2D eigenvalue weighted by molar-refractivity contribution is -0.138. The van der Waals surface area contributed by atoms with Crippen molar-refractivity contribution in [3.63, 3.8) is 0 Å². The van der Waals surface area contributed by atoms with Gasteiger partial charge in [0.25, 0.3) is 0 Å². The maximum atomic E-state index is 11.3. The van der Waals surface area contributed by atoms with Crippen molar-refractivity contribution in [3.8, 4) is 0 Å². The summed E-state index contributed by atoms with van der Waals surface area (Å²) in [6.45, 7) is 6.12. The number of carbonyl (C=O) groups excluding carboxylic acids is 2. The molecule has 0 saturated carbocycles. The van der Waals surface area contributed by atoms with Gasteiger partial charge in [-0.25, -0.2) is 9.59 Å². The molecule has 0 unspecified atom stereocenters. The van der Waals surface area contributed by atoms with Gasteiger partial charge in [-0.2, -0.15) is 0 Å². The Morgan fingerprint density at radius 1 is 1.00 bits per heavy atom. The number of hydrogen-bond acceptors (Lipinski definition) is 5. The molecule has 108 valence electrons. The van der Waals surface area contributed by atoms with Crippen LogP contribution in [0.2, 0.25) is 0 Å². The molecule has 0 spiro atoms. The van der Waals surface area contributed by atoms with E-state index in [1.54, 1.807) is 13.8 Å². The van der Waals surface area contributed by atoms with Crippen LogP contribution in [-0.4, -0.2) is 25.2 Å². The minimum atomic E-state index is -0.478. The van der Waals surface area contributed by atoms with Gasteiger partial charge >= 0.3 is 11.9 Å². The molecule has 0 atom stereocenters. The van der Waals surface area contributed by atoms with Crippen molar-refractivity contribution in [2.45, 2.75) is 40.0 Å². The lowest BCUT2D eigenvalue weighted by atomic mass is 10.2. The highest BCUT2D eigenvalue weighted by atomic mass is 16.5. The van der Waals surface area contributed by atoms with Crippen molar-refractivity contribution in [1.82, 2.24) is 0 Å². The Hall–Kier alpha value is -1.78. The monoisotopic (exact) mass is 270 g/mol. The molecule has 0 aromatic carbocycles. The Labute approximate surface area is 114 Å². The highest BCUT2D eigenvalue weighted by Crippen LogP contribution is 2.10. The van der Waals surface area contributed by atoms with E-state index in [4.69, 9.17) is 14.2 Å². The van der Waals surface area contributed by atoms with E-state index < -0.39 is 11.9 Å². The van der Waals surface area contributed by atoms with Crippen LogP contribution in [0.1, 0.15) is 40.0 Å². The lowest BCUT2D eigenvalue weighted by Gasteiger charge is -2.05. The minimum Gasteiger partial charge on any atom is -0.469 e. The van der Waals surface area contributed by atoms with E-state index in [9.17, 15) is 9.59 Å². The van der Waals surface area contributed by atoms with E-state index in [0.717, 1.165) is 12.8 Å². The maximum absolute atomic E-state index is 11.3. The summed E-state index contributed by atoms with van der Waals surface area (Å²) in [5.74, 6) is -0.451. The summed E-state index contributed by atoms with van der Waals surface area (Å²) in [7, 11) is 0. The maximum Gasteiger partial charge on any atom is 0.334 e. The van der Waals surface area contributed by atoms with Crippen LogP contribution in [0.3, 0.4) is 0 Å². The topological polar surface area (TPSA) is 61.8 Å². The normalized spacial score (nSPS) is 11.4. The van der Waals surface area contributed by atoms with Crippen LogP contribution in [0.25, 0.3) is 0 Å². The molecule has 0 N–H and O–H groups in total. The van der Waals surface area contributed by atoms with Crippen LogP contribution in [0, 0.1) is 0 Å². The zero-order chi connectivity index (χ0) is 14.5. The van der Waals surface area contributed by atoms with Gasteiger partial charge < -0.3 is 14.2 Å². The highest BCUT2D eigenvalue weighted by molar-refractivity contribution is 5.82. The van der Waals surface area contributed by atoms with Gasteiger partial charge in [0.15, 0.2) is 0 Å². The van der Waals surface area contributed by atoms with Crippen molar-refractivity contribution >= 4 is 11.9 Å². The average molecular weight is 270 g/mol. The van der Waals surface area contributed by atoms with Gasteiger partial charge in [-0.05, 0) is 20.3 Å². The first kappa shape index (κ1) is 17.2.